The Labute approximate surface area is 137 Å². The number of urea groups is 1. The van der Waals surface area contributed by atoms with Gasteiger partial charge >= 0.3 is 6.03 Å². The Morgan fingerprint density at radius 3 is 2.35 bits per heavy atom. The number of amides is 2. The molecule has 4 heteroatoms. The van der Waals surface area contributed by atoms with Crippen LogP contribution in [0.25, 0.3) is 0 Å². The van der Waals surface area contributed by atoms with Crippen LogP contribution in [0, 0.1) is 5.41 Å². The number of methoxy groups -OCH3 is 1. The van der Waals surface area contributed by atoms with Crippen LogP contribution in [0.1, 0.15) is 32.4 Å². The first-order valence-corrected chi connectivity index (χ1v) is 7.66. The highest BCUT2D eigenvalue weighted by Gasteiger charge is 2.27. The molecule has 1 atom stereocenters. The lowest BCUT2D eigenvalue weighted by atomic mass is 9.82. The fourth-order valence-electron chi connectivity index (χ4n) is 2.44. The second-order valence-corrected chi connectivity index (χ2v) is 6.54. The highest BCUT2D eigenvalue weighted by Crippen LogP contribution is 2.32. The summed E-state index contributed by atoms with van der Waals surface area (Å²) in [5.41, 5.74) is 1.68. The highest BCUT2D eigenvalue weighted by molar-refractivity contribution is 5.89. The molecule has 0 aliphatic rings. The van der Waals surface area contributed by atoms with Crippen LogP contribution >= 0.6 is 0 Å². The van der Waals surface area contributed by atoms with Crippen molar-refractivity contribution in [2.75, 3.05) is 12.4 Å². The summed E-state index contributed by atoms with van der Waals surface area (Å²) in [5.74, 6) is 0.707. The fraction of sp³-hybridized carbons (Fsp3) is 0.316. The van der Waals surface area contributed by atoms with Crippen molar-refractivity contribution in [1.82, 2.24) is 5.32 Å². The molecule has 0 aliphatic heterocycles. The molecule has 0 fully saturated rings. The zero-order chi connectivity index (χ0) is 16.9. The maximum absolute atomic E-state index is 12.4. The molecule has 2 N–H and O–H groups in total. The molecule has 0 aliphatic carbocycles. The minimum Gasteiger partial charge on any atom is -0.497 e. The Morgan fingerprint density at radius 2 is 1.74 bits per heavy atom. The molecule has 0 saturated carbocycles. The molecule has 0 aromatic heterocycles. The molecule has 23 heavy (non-hydrogen) atoms. The second kappa shape index (κ2) is 7.18. The van der Waals surface area contributed by atoms with Gasteiger partial charge < -0.3 is 15.4 Å². The lowest BCUT2D eigenvalue weighted by molar-refractivity contribution is 0.229. The third-order valence-corrected chi connectivity index (χ3v) is 3.60. The van der Waals surface area contributed by atoms with Crippen LogP contribution in [0.4, 0.5) is 10.5 Å². The van der Waals surface area contributed by atoms with Gasteiger partial charge in [0, 0.05) is 11.8 Å². The molecule has 0 radical (unpaired) electrons. The normalized spacial score (nSPS) is 12.3. The van der Waals surface area contributed by atoms with Crippen LogP contribution in [0.15, 0.2) is 54.6 Å². The summed E-state index contributed by atoms with van der Waals surface area (Å²) in [7, 11) is 1.60. The lowest BCUT2D eigenvalue weighted by Gasteiger charge is -2.32. The summed E-state index contributed by atoms with van der Waals surface area (Å²) < 4.78 is 5.17. The van der Waals surface area contributed by atoms with E-state index < -0.39 is 0 Å². The summed E-state index contributed by atoms with van der Waals surface area (Å²) in [5, 5.41) is 5.93. The Hall–Kier alpha value is -2.49. The molecule has 122 valence electrons. The number of hydrogen-bond acceptors (Lipinski definition) is 2. The molecule has 0 saturated heterocycles. The van der Waals surface area contributed by atoms with E-state index in [4.69, 9.17) is 4.74 Å². The Balaban J connectivity index is 2.12. The van der Waals surface area contributed by atoms with Crippen molar-refractivity contribution in [3.63, 3.8) is 0 Å². The number of hydrogen-bond donors (Lipinski definition) is 2. The van der Waals surface area contributed by atoms with Gasteiger partial charge in [-0.3, -0.25) is 0 Å². The van der Waals surface area contributed by atoms with Crippen LogP contribution in [0.3, 0.4) is 0 Å². The number of ether oxygens (including phenoxy) is 1. The summed E-state index contributed by atoms with van der Waals surface area (Å²) in [4.78, 5) is 12.4. The predicted molar refractivity (Wildman–Crippen MR) is 93.8 cm³/mol. The van der Waals surface area contributed by atoms with E-state index in [9.17, 15) is 4.79 Å². The number of carbonyl (C=O) groups excluding carboxylic acids is 1. The number of nitrogens with one attached hydrogen (secondary N) is 2. The molecule has 0 bridgehead atoms. The van der Waals surface area contributed by atoms with E-state index in [-0.39, 0.29) is 17.5 Å². The Morgan fingerprint density at radius 1 is 1.04 bits per heavy atom. The molecular weight excluding hydrogens is 288 g/mol. The summed E-state index contributed by atoms with van der Waals surface area (Å²) in [6.07, 6.45) is 0. The Bertz CT molecular complexity index is 648. The van der Waals surface area contributed by atoms with Crippen molar-refractivity contribution in [2.45, 2.75) is 26.8 Å². The first-order chi connectivity index (χ1) is 10.9. The van der Waals surface area contributed by atoms with Crippen molar-refractivity contribution < 1.29 is 9.53 Å². The average molecular weight is 312 g/mol. The number of rotatable bonds is 4. The van der Waals surface area contributed by atoms with E-state index >= 15 is 0 Å². The van der Waals surface area contributed by atoms with Crippen LogP contribution in [-0.2, 0) is 0 Å². The van der Waals surface area contributed by atoms with Gasteiger partial charge in [0.25, 0.3) is 0 Å². The molecule has 0 heterocycles. The zero-order valence-electron chi connectivity index (χ0n) is 14.1. The van der Waals surface area contributed by atoms with Gasteiger partial charge in [0.15, 0.2) is 0 Å². The third kappa shape index (κ3) is 4.74. The quantitative estimate of drug-likeness (QED) is 0.866. The molecule has 2 aromatic rings. The largest absolute Gasteiger partial charge is 0.497 e. The van der Waals surface area contributed by atoms with Crippen LogP contribution in [0.2, 0.25) is 0 Å². The van der Waals surface area contributed by atoms with Gasteiger partial charge in [-0.15, -0.1) is 0 Å². The standard InChI is InChI=1S/C19H24N2O2/c1-19(2,3)17(14-9-6-5-7-10-14)21-18(22)20-15-11-8-12-16(13-15)23-4/h5-13,17H,1-4H3,(H2,20,21,22). The van der Waals surface area contributed by atoms with E-state index in [1.807, 2.05) is 48.5 Å². The van der Waals surface area contributed by atoms with Crippen molar-refractivity contribution in [3.05, 3.63) is 60.2 Å². The van der Waals surface area contributed by atoms with Crippen molar-refractivity contribution in [1.29, 1.82) is 0 Å². The zero-order valence-corrected chi connectivity index (χ0v) is 14.1. The smallest absolute Gasteiger partial charge is 0.319 e. The third-order valence-electron chi connectivity index (χ3n) is 3.60. The topological polar surface area (TPSA) is 50.4 Å². The lowest BCUT2D eigenvalue weighted by Crippen LogP contribution is -2.39. The summed E-state index contributed by atoms with van der Waals surface area (Å²) in [6, 6.07) is 17.0. The molecular formula is C19H24N2O2. The maximum Gasteiger partial charge on any atom is 0.319 e. The number of anilines is 1. The molecule has 2 amide bonds. The van der Waals surface area contributed by atoms with Gasteiger partial charge in [-0.05, 0) is 23.1 Å². The van der Waals surface area contributed by atoms with Gasteiger partial charge in [0.2, 0.25) is 0 Å². The second-order valence-electron chi connectivity index (χ2n) is 6.54. The number of carbonyl (C=O) groups is 1. The van der Waals surface area contributed by atoms with Gasteiger partial charge in [-0.25, -0.2) is 4.79 Å². The molecule has 1 unspecified atom stereocenters. The first-order valence-electron chi connectivity index (χ1n) is 7.66. The van der Waals surface area contributed by atoms with Gasteiger partial charge in [-0.2, -0.15) is 0 Å². The van der Waals surface area contributed by atoms with Gasteiger partial charge in [0.05, 0.1) is 13.2 Å². The first kappa shape index (κ1) is 16.9. The van der Waals surface area contributed by atoms with E-state index in [1.165, 1.54) is 0 Å². The van der Waals surface area contributed by atoms with E-state index in [2.05, 4.69) is 31.4 Å². The molecule has 0 spiro atoms. The molecule has 4 nitrogen and oxygen atoms in total. The predicted octanol–water partition coefficient (Wildman–Crippen LogP) is 4.60. The fourth-order valence-corrected chi connectivity index (χ4v) is 2.44. The van der Waals surface area contributed by atoms with Crippen molar-refractivity contribution in [2.24, 2.45) is 5.41 Å². The minimum absolute atomic E-state index is 0.0886. The Kier molecular flexibility index (Phi) is 5.27. The van der Waals surface area contributed by atoms with Crippen LogP contribution in [0.5, 0.6) is 5.75 Å². The average Bonchev–Trinajstić information content (AvgIpc) is 2.52. The van der Waals surface area contributed by atoms with E-state index in [0.29, 0.717) is 11.4 Å². The monoisotopic (exact) mass is 312 g/mol. The highest BCUT2D eigenvalue weighted by atomic mass is 16.5. The van der Waals surface area contributed by atoms with Crippen LogP contribution < -0.4 is 15.4 Å². The van der Waals surface area contributed by atoms with Gasteiger partial charge in [-0.1, -0.05) is 57.2 Å². The van der Waals surface area contributed by atoms with Crippen molar-refractivity contribution >= 4 is 11.7 Å². The maximum atomic E-state index is 12.4. The minimum atomic E-state index is -0.234. The van der Waals surface area contributed by atoms with Crippen molar-refractivity contribution in [3.8, 4) is 5.75 Å². The SMILES string of the molecule is COc1cccc(NC(=O)NC(c2ccccc2)C(C)(C)C)c1. The molecule has 2 rings (SSSR count). The van der Waals surface area contributed by atoms with Gasteiger partial charge in [0.1, 0.15) is 5.75 Å². The summed E-state index contributed by atoms with van der Waals surface area (Å²) >= 11 is 0. The van der Waals surface area contributed by atoms with E-state index in [0.717, 1.165) is 5.56 Å². The number of benzene rings is 2. The molecule has 2 aromatic carbocycles. The van der Waals surface area contributed by atoms with E-state index in [1.54, 1.807) is 13.2 Å². The summed E-state index contributed by atoms with van der Waals surface area (Å²) in [6.45, 7) is 6.32. The van der Waals surface area contributed by atoms with Crippen LogP contribution in [-0.4, -0.2) is 13.1 Å².